The number of nitrogens with one attached hydrogen (secondary N) is 1. The number of rotatable bonds is 7. The third-order valence-corrected chi connectivity index (χ3v) is 4.41. The number of fused-ring (bicyclic) bond motifs is 1. The van der Waals surface area contributed by atoms with Crippen LogP contribution in [0, 0.1) is 0 Å². The van der Waals surface area contributed by atoms with Gasteiger partial charge in [0.05, 0.1) is 12.1 Å². The zero-order valence-electron chi connectivity index (χ0n) is 15.2. The molecule has 26 heavy (non-hydrogen) atoms. The van der Waals surface area contributed by atoms with Crippen molar-refractivity contribution in [1.29, 1.82) is 0 Å². The lowest BCUT2D eigenvalue weighted by Gasteiger charge is -2.14. The Balaban J connectivity index is 1.91. The zero-order valence-corrected chi connectivity index (χ0v) is 15.2. The van der Waals surface area contributed by atoms with Gasteiger partial charge < -0.3 is 19.7 Å². The zero-order chi connectivity index (χ0) is 18.5. The van der Waals surface area contributed by atoms with Crippen molar-refractivity contribution in [3.8, 4) is 11.5 Å². The molecule has 3 rings (SSSR count). The van der Waals surface area contributed by atoms with Crippen LogP contribution < -0.4 is 15.6 Å². The minimum absolute atomic E-state index is 0.0263. The van der Waals surface area contributed by atoms with Gasteiger partial charge in [-0.05, 0) is 30.2 Å². The monoisotopic (exact) mass is 352 g/mol. The second-order valence-electron chi connectivity index (χ2n) is 6.31. The first kappa shape index (κ1) is 17.9. The molecule has 0 unspecified atom stereocenters. The van der Waals surface area contributed by atoms with Gasteiger partial charge in [-0.3, -0.25) is 4.79 Å². The van der Waals surface area contributed by atoms with Crippen molar-refractivity contribution < 1.29 is 9.84 Å². The van der Waals surface area contributed by atoms with Crippen molar-refractivity contribution in [3.63, 3.8) is 0 Å². The molecule has 0 aliphatic rings. The van der Waals surface area contributed by atoms with E-state index in [2.05, 4.69) is 17.4 Å². The van der Waals surface area contributed by atoms with Gasteiger partial charge >= 0.3 is 0 Å². The highest BCUT2D eigenvalue weighted by atomic mass is 16.5. The van der Waals surface area contributed by atoms with Crippen LogP contribution in [0.2, 0.25) is 0 Å². The molecule has 2 N–H and O–H groups in total. The second-order valence-corrected chi connectivity index (χ2v) is 6.31. The first-order valence-electron chi connectivity index (χ1n) is 8.88. The number of benzene rings is 2. The average molecular weight is 352 g/mol. The number of ether oxygens (including phenoxy) is 1. The Morgan fingerprint density at radius 1 is 1.15 bits per heavy atom. The molecule has 0 spiro atoms. The fourth-order valence-corrected chi connectivity index (χ4v) is 2.85. The Hall–Kier alpha value is -2.95. The van der Waals surface area contributed by atoms with Crippen LogP contribution in [0.4, 0.5) is 5.69 Å². The highest BCUT2D eigenvalue weighted by molar-refractivity contribution is 5.89. The molecular formula is C21H24N2O3. The number of hydrogen-bond donors (Lipinski definition) is 2. The van der Waals surface area contributed by atoms with Gasteiger partial charge in [0.2, 0.25) is 5.75 Å². The third-order valence-electron chi connectivity index (χ3n) is 4.41. The topological polar surface area (TPSA) is 63.5 Å². The van der Waals surface area contributed by atoms with Crippen molar-refractivity contribution in [3.05, 3.63) is 64.4 Å². The molecule has 0 radical (unpaired) electrons. The standard InChI is InChI=1S/C21H24N2O3/c1-3-4-12-26-20-19(24)17-11-10-16(13-18(17)23(2)21(20)25)22-14-15-8-6-5-7-9-15/h5-11,13,22,24H,3-4,12,14H2,1-2H3. The minimum Gasteiger partial charge on any atom is -0.504 e. The lowest BCUT2D eigenvalue weighted by molar-refractivity contribution is 0.288. The minimum atomic E-state index is -0.327. The molecule has 0 bridgehead atoms. The Kier molecular flexibility index (Phi) is 5.46. The normalized spacial score (nSPS) is 10.8. The van der Waals surface area contributed by atoms with E-state index >= 15 is 0 Å². The van der Waals surface area contributed by atoms with Gasteiger partial charge in [-0.1, -0.05) is 43.7 Å². The third kappa shape index (κ3) is 3.67. The van der Waals surface area contributed by atoms with E-state index in [4.69, 9.17) is 4.74 Å². The number of anilines is 1. The van der Waals surface area contributed by atoms with E-state index in [0.717, 1.165) is 18.5 Å². The van der Waals surface area contributed by atoms with Crippen molar-refractivity contribution in [2.45, 2.75) is 26.3 Å². The summed E-state index contributed by atoms with van der Waals surface area (Å²) in [6, 6.07) is 15.7. The van der Waals surface area contributed by atoms with Crippen LogP contribution in [0.1, 0.15) is 25.3 Å². The molecule has 0 aliphatic heterocycles. The first-order valence-corrected chi connectivity index (χ1v) is 8.88. The van der Waals surface area contributed by atoms with Crippen molar-refractivity contribution in [2.75, 3.05) is 11.9 Å². The maximum atomic E-state index is 12.5. The number of aryl methyl sites for hydroxylation is 1. The van der Waals surface area contributed by atoms with E-state index in [9.17, 15) is 9.90 Å². The maximum absolute atomic E-state index is 12.5. The van der Waals surface area contributed by atoms with Gasteiger partial charge in [0, 0.05) is 24.7 Å². The van der Waals surface area contributed by atoms with Crippen LogP contribution in [0.25, 0.3) is 10.9 Å². The Labute approximate surface area is 152 Å². The molecule has 1 aromatic heterocycles. The summed E-state index contributed by atoms with van der Waals surface area (Å²) < 4.78 is 7.05. The SMILES string of the molecule is CCCCOc1c(O)c2ccc(NCc3ccccc3)cc2n(C)c1=O. The van der Waals surface area contributed by atoms with Crippen LogP contribution in [0.5, 0.6) is 11.5 Å². The molecular weight excluding hydrogens is 328 g/mol. The fraction of sp³-hybridized carbons (Fsp3) is 0.286. The fourth-order valence-electron chi connectivity index (χ4n) is 2.85. The highest BCUT2D eigenvalue weighted by Gasteiger charge is 2.16. The van der Waals surface area contributed by atoms with Gasteiger partial charge in [0.25, 0.3) is 5.56 Å². The van der Waals surface area contributed by atoms with Crippen molar-refractivity contribution in [1.82, 2.24) is 4.57 Å². The van der Waals surface area contributed by atoms with Crippen LogP contribution in [0.3, 0.4) is 0 Å². The predicted octanol–water partition coefficient (Wildman–Crippen LogP) is 4.04. The molecule has 0 saturated heterocycles. The Morgan fingerprint density at radius 2 is 1.92 bits per heavy atom. The molecule has 0 atom stereocenters. The molecule has 0 fully saturated rings. The van der Waals surface area contributed by atoms with E-state index < -0.39 is 0 Å². The van der Waals surface area contributed by atoms with Crippen LogP contribution in [-0.4, -0.2) is 16.3 Å². The highest BCUT2D eigenvalue weighted by Crippen LogP contribution is 2.32. The number of aromatic hydroxyl groups is 1. The molecule has 0 saturated carbocycles. The quantitative estimate of drug-likeness (QED) is 0.630. The van der Waals surface area contributed by atoms with Gasteiger partial charge in [-0.15, -0.1) is 0 Å². The van der Waals surface area contributed by atoms with Crippen LogP contribution >= 0.6 is 0 Å². The molecule has 3 aromatic rings. The average Bonchev–Trinajstić information content (AvgIpc) is 2.68. The lowest BCUT2D eigenvalue weighted by atomic mass is 10.1. The summed E-state index contributed by atoms with van der Waals surface area (Å²) in [4.78, 5) is 12.5. The van der Waals surface area contributed by atoms with Crippen LogP contribution in [0.15, 0.2) is 53.3 Å². The molecule has 2 aromatic carbocycles. The summed E-state index contributed by atoms with van der Waals surface area (Å²) in [6.45, 7) is 3.15. The first-order chi connectivity index (χ1) is 12.6. The second kappa shape index (κ2) is 7.95. The van der Waals surface area contributed by atoms with Gasteiger partial charge in [-0.2, -0.15) is 0 Å². The van der Waals surface area contributed by atoms with Crippen molar-refractivity contribution >= 4 is 16.6 Å². The maximum Gasteiger partial charge on any atom is 0.297 e. The smallest absolute Gasteiger partial charge is 0.297 e. The number of aromatic nitrogens is 1. The number of nitrogens with zero attached hydrogens (tertiary/aromatic N) is 1. The Bertz CT molecular complexity index is 949. The van der Waals surface area contributed by atoms with Gasteiger partial charge in [0.1, 0.15) is 0 Å². The summed E-state index contributed by atoms with van der Waals surface area (Å²) in [5, 5.41) is 14.4. The van der Waals surface area contributed by atoms with Gasteiger partial charge in [0.15, 0.2) is 5.75 Å². The molecule has 5 heteroatoms. The molecule has 0 amide bonds. The van der Waals surface area contributed by atoms with Gasteiger partial charge in [-0.25, -0.2) is 0 Å². The summed E-state index contributed by atoms with van der Waals surface area (Å²) in [5.41, 5.74) is 2.39. The van der Waals surface area contributed by atoms with E-state index in [1.807, 2.05) is 43.3 Å². The van der Waals surface area contributed by atoms with E-state index in [1.54, 1.807) is 7.05 Å². The molecule has 0 aliphatic carbocycles. The number of pyridine rings is 1. The Morgan fingerprint density at radius 3 is 2.65 bits per heavy atom. The molecule has 136 valence electrons. The van der Waals surface area contributed by atoms with E-state index in [0.29, 0.717) is 24.1 Å². The van der Waals surface area contributed by atoms with Crippen LogP contribution in [-0.2, 0) is 13.6 Å². The summed E-state index contributed by atoms with van der Waals surface area (Å²) >= 11 is 0. The number of unbranched alkanes of at least 4 members (excludes halogenated alkanes) is 1. The number of hydrogen-bond acceptors (Lipinski definition) is 4. The van der Waals surface area contributed by atoms with Crippen molar-refractivity contribution in [2.24, 2.45) is 7.05 Å². The molecule has 1 heterocycles. The molecule has 5 nitrogen and oxygen atoms in total. The summed E-state index contributed by atoms with van der Waals surface area (Å²) in [7, 11) is 1.69. The van der Waals surface area contributed by atoms with E-state index in [1.165, 1.54) is 10.1 Å². The van der Waals surface area contributed by atoms with E-state index in [-0.39, 0.29) is 17.1 Å². The largest absolute Gasteiger partial charge is 0.504 e. The summed E-state index contributed by atoms with van der Waals surface area (Å²) in [5.74, 6) is -0.0627. The summed E-state index contributed by atoms with van der Waals surface area (Å²) in [6.07, 6.45) is 1.80. The lowest BCUT2D eigenvalue weighted by Crippen LogP contribution is -2.20. The predicted molar refractivity (Wildman–Crippen MR) is 105 cm³/mol.